The summed E-state index contributed by atoms with van der Waals surface area (Å²) in [5.41, 5.74) is 9.94. The lowest BCUT2D eigenvalue weighted by Crippen LogP contribution is -2.05. The van der Waals surface area contributed by atoms with Crippen LogP contribution in [0.25, 0.3) is 10.9 Å². The highest BCUT2D eigenvalue weighted by atomic mass is 32.1. The molecule has 0 atom stereocenters. The molecular formula is C15H15N3S. The molecular weight excluding hydrogens is 254 g/mol. The van der Waals surface area contributed by atoms with Crippen LogP contribution in [0.2, 0.25) is 0 Å². The third kappa shape index (κ3) is 2.69. The van der Waals surface area contributed by atoms with E-state index < -0.39 is 0 Å². The van der Waals surface area contributed by atoms with Crippen LogP contribution >= 0.6 is 11.3 Å². The minimum Gasteiger partial charge on any atom is -0.399 e. The smallest absolute Gasteiger partial charge is 0.0743 e. The molecule has 3 aromatic rings. The third-order valence-corrected chi connectivity index (χ3v) is 3.81. The molecule has 0 radical (unpaired) electrons. The number of pyridine rings is 1. The number of nitrogens with two attached hydrogens (primary N) is 1. The van der Waals surface area contributed by atoms with Gasteiger partial charge in [0.1, 0.15) is 0 Å². The van der Waals surface area contributed by atoms with Gasteiger partial charge in [-0.05, 0) is 53.1 Å². The van der Waals surface area contributed by atoms with Crippen molar-refractivity contribution in [2.45, 2.75) is 6.42 Å². The van der Waals surface area contributed by atoms with E-state index in [1.165, 1.54) is 5.56 Å². The Morgan fingerprint density at radius 2 is 2.16 bits per heavy atom. The summed E-state index contributed by atoms with van der Waals surface area (Å²) in [4.78, 5) is 4.34. The molecule has 3 N–H and O–H groups in total. The number of fused-ring (bicyclic) bond motifs is 1. The van der Waals surface area contributed by atoms with Gasteiger partial charge < -0.3 is 11.1 Å². The fraction of sp³-hybridized carbons (Fsp3) is 0.133. The van der Waals surface area contributed by atoms with Crippen molar-refractivity contribution in [1.29, 1.82) is 0 Å². The van der Waals surface area contributed by atoms with Crippen molar-refractivity contribution in [3.8, 4) is 0 Å². The van der Waals surface area contributed by atoms with Crippen molar-refractivity contribution in [3.05, 3.63) is 52.9 Å². The zero-order valence-electron chi connectivity index (χ0n) is 10.5. The number of thiophene rings is 1. The lowest BCUT2D eigenvalue weighted by Gasteiger charge is -2.09. The van der Waals surface area contributed by atoms with E-state index in [2.05, 4.69) is 27.1 Å². The molecule has 0 spiro atoms. The Morgan fingerprint density at radius 3 is 3.00 bits per heavy atom. The SMILES string of the molecule is Nc1ccc2c(NCCc3ccsc3)ccnc2c1. The zero-order chi connectivity index (χ0) is 13.1. The summed E-state index contributed by atoms with van der Waals surface area (Å²) in [5.74, 6) is 0. The fourth-order valence-electron chi connectivity index (χ4n) is 2.10. The average Bonchev–Trinajstić information content (AvgIpc) is 2.92. The van der Waals surface area contributed by atoms with Crippen LogP contribution in [-0.4, -0.2) is 11.5 Å². The van der Waals surface area contributed by atoms with Crippen LogP contribution in [0.15, 0.2) is 47.3 Å². The number of hydrogen-bond acceptors (Lipinski definition) is 4. The van der Waals surface area contributed by atoms with E-state index in [0.717, 1.165) is 35.2 Å². The van der Waals surface area contributed by atoms with Gasteiger partial charge in [-0.3, -0.25) is 4.98 Å². The predicted octanol–water partition coefficient (Wildman–Crippen LogP) is 3.53. The maximum absolute atomic E-state index is 5.78. The molecule has 96 valence electrons. The van der Waals surface area contributed by atoms with E-state index in [1.54, 1.807) is 11.3 Å². The fourth-order valence-corrected chi connectivity index (χ4v) is 2.80. The van der Waals surface area contributed by atoms with Crippen LogP contribution in [-0.2, 0) is 6.42 Å². The second kappa shape index (κ2) is 5.28. The second-order valence-corrected chi connectivity index (χ2v) is 5.22. The zero-order valence-corrected chi connectivity index (χ0v) is 11.3. The Labute approximate surface area is 116 Å². The average molecular weight is 269 g/mol. The van der Waals surface area contributed by atoms with Gasteiger partial charge in [0.2, 0.25) is 0 Å². The predicted molar refractivity (Wildman–Crippen MR) is 82.7 cm³/mol. The number of benzene rings is 1. The van der Waals surface area contributed by atoms with Crippen LogP contribution in [0, 0.1) is 0 Å². The first-order valence-corrected chi connectivity index (χ1v) is 7.16. The lowest BCUT2D eigenvalue weighted by atomic mass is 10.1. The number of anilines is 2. The number of rotatable bonds is 4. The van der Waals surface area contributed by atoms with E-state index in [-0.39, 0.29) is 0 Å². The first kappa shape index (κ1) is 12.0. The molecule has 0 aliphatic heterocycles. The van der Waals surface area contributed by atoms with E-state index in [4.69, 9.17) is 5.73 Å². The van der Waals surface area contributed by atoms with Crippen LogP contribution < -0.4 is 11.1 Å². The van der Waals surface area contributed by atoms with Crippen molar-refractivity contribution in [3.63, 3.8) is 0 Å². The maximum atomic E-state index is 5.78. The highest BCUT2D eigenvalue weighted by molar-refractivity contribution is 7.07. The molecule has 4 heteroatoms. The molecule has 1 aromatic carbocycles. The molecule has 3 rings (SSSR count). The van der Waals surface area contributed by atoms with Gasteiger partial charge in [0.15, 0.2) is 0 Å². The van der Waals surface area contributed by atoms with Crippen molar-refractivity contribution >= 4 is 33.6 Å². The van der Waals surface area contributed by atoms with Gasteiger partial charge >= 0.3 is 0 Å². The number of nitrogens with one attached hydrogen (secondary N) is 1. The summed E-state index contributed by atoms with van der Waals surface area (Å²) in [7, 11) is 0. The number of nitrogen functional groups attached to an aromatic ring is 1. The molecule has 0 aliphatic rings. The topological polar surface area (TPSA) is 50.9 Å². The molecule has 0 bridgehead atoms. The summed E-state index contributed by atoms with van der Waals surface area (Å²) < 4.78 is 0. The second-order valence-electron chi connectivity index (χ2n) is 4.44. The summed E-state index contributed by atoms with van der Waals surface area (Å²) >= 11 is 1.74. The summed E-state index contributed by atoms with van der Waals surface area (Å²) in [6.07, 6.45) is 2.84. The van der Waals surface area contributed by atoms with E-state index in [1.807, 2.05) is 30.5 Å². The Hall–Kier alpha value is -2.07. The standard InChI is InChI=1S/C15H15N3S/c16-12-1-2-13-14(4-7-18-15(13)9-12)17-6-3-11-5-8-19-10-11/h1-2,4-5,7-10H,3,6,16H2,(H,17,18). The largest absolute Gasteiger partial charge is 0.399 e. The summed E-state index contributed by atoms with van der Waals surface area (Å²) in [6.45, 7) is 0.917. The van der Waals surface area contributed by atoms with E-state index in [0.29, 0.717) is 0 Å². The van der Waals surface area contributed by atoms with Crippen LogP contribution in [0.5, 0.6) is 0 Å². The minimum absolute atomic E-state index is 0.746. The van der Waals surface area contributed by atoms with Crippen molar-refractivity contribution in [2.24, 2.45) is 0 Å². The van der Waals surface area contributed by atoms with Crippen LogP contribution in [0.3, 0.4) is 0 Å². The normalized spacial score (nSPS) is 10.7. The number of nitrogens with zero attached hydrogens (tertiary/aromatic N) is 1. The van der Waals surface area contributed by atoms with Crippen LogP contribution in [0.4, 0.5) is 11.4 Å². The molecule has 2 heterocycles. The molecule has 19 heavy (non-hydrogen) atoms. The quantitative estimate of drug-likeness (QED) is 0.712. The molecule has 0 unspecified atom stereocenters. The molecule has 0 aliphatic carbocycles. The maximum Gasteiger partial charge on any atom is 0.0743 e. The summed E-state index contributed by atoms with van der Waals surface area (Å²) in [5, 5.41) is 8.88. The molecule has 0 saturated carbocycles. The van der Waals surface area contributed by atoms with Gasteiger partial charge in [-0.25, -0.2) is 0 Å². The molecule has 0 amide bonds. The van der Waals surface area contributed by atoms with Gasteiger partial charge in [-0.2, -0.15) is 11.3 Å². The van der Waals surface area contributed by atoms with E-state index >= 15 is 0 Å². The Morgan fingerprint density at radius 1 is 1.21 bits per heavy atom. The van der Waals surface area contributed by atoms with Crippen LogP contribution in [0.1, 0.15) is 5.56 Å². The third-order valence-electron chi connectivity index (χ3n) is 3.08. The number of hydrogen-bond donors (Lipinski definition) is 2. The first-order valence-electron chi connectivity index (χ1n) is 6.22. The minimum atomic E-state index is 0.746. The van der Waals surface area contributed by atoms with Gasteiger partial charge in [-0.1, -0.05) is 0 Å². The first-order chi connectivity index (χ1) is 9.33. The molecule has 0 fully saturated rings. The van der Waals surface area contributed by atoms with Crippen molar-refractivity contribution < 1.29 is 0 Å². The van der Waals surface area contributed by atoms with E-state index in [9.17, 15) is 0 Å². The molecule has 3 nitrogen and oxygen atoms in total. The lowest BCUT2D eigenvalue weighted by molar-refractivity contribution is 1.03. The van der Waals surface area contributed by atoms with Gasteiger partial charge in [0.25, 0.3) is 0 Å². The van der Waals surface area contributed by atoms with Gasteiger partial charge in [0, 0.05) is 29.5 Å². The van der Waals surface area contributed by atoms with Gasteiger partial charge in [-0.15, -0.1) is 0 Å². The Kier molecular flexibility index (Phi) is 3.33. The Balaban J connectivity index is 1.77. The highest BCUT2D eigenvalue weighted by Gasteiger charge is 2.02. The van der Waals surface area contributed by atoms with Crippen molar-refractivity contribution in [2.75, 3.05) is 17.6 Å². The Bertz CT molecular complexity index is 677. The van der Waals surface area contributed by atoms with Crippen molar-refractivity contribution in [1.82, 2.24) is 4.98 Å². The highest BCUT2D eigenvalue weighted by Crippen LogP contribution is 2.23. The monoisotopic (exact) mass is 269 g/mol. The molecule has 0 saturated heterocycles. The van der Waals surface area contributed by atoms with Gasteiger partial charge in [0.05, 0.1) is 5.52 Å². The summed E-state index contributed by atoms with van der Waals surface area (Å²) in [6, 6.07) is 10.0. The molecule has 2 aromatic heterocycles. The number of aromatic nitrogens is 1.